The first-order valence-electron chi connectivity index (χ1n) is 6.62. The summed E-state index contributed by atoms with van der Waals surface area (Å²) in [4.78, 5) is 14.3. The van der Waals surface area contributed by atoms with Crippen molar-refractivity contribution < 1.29 is 9.66 Å². The predicted octanol–water partition coefficient (Wildman–Crippen LogP) is 2.33. The molecule has 0 fully saturated rings. The Morgan fingerprint density at radius 1 is 1.29 bits per heavy atom. The molecule has 0 aliphatic rings. The third kappa shape index (κ3) is 4.25. The van der Waals surface area contributed by atoms with E-state index in [9.17, 15) is 10.1 Å². The maximum Gasteiger partial charge on any atom is 0.269 e. The van der Waals surface area contributed by atoms with Crippen molar-refractivity contribution in [3.63, 3.8) is 0 Å². The topological polar surface area (TPSA) is 77.3 Å². The molecular weight excluding hydrogens is 270 g/mol. The van der Waals surface area contributed by atoms with E-state index in [1.807, 2.05) is 12.1 Å². The number of nitro groups is 1. The normalized spacial score (nSPS) is 10.3. The smallest absolute Gasteiger partial charge is 0.269 e. The first-order chi connectivity index (χ1) is 10.2. The average molecular weight is 287 g/mol. The lowest BCUT2D eigenvalue weighted by Gasteiger charge is -2.08. The van der Waals surface area contributed by atoms with Gasteiger partial charge in [0.25, 0.3) is 5.69 Å². The van der Waals surface area contributed by atoms with E-state index in [0.29, 0.717) is 12.4 Å². The Balaban J connectivity index is 1.80. The molecule has 1 heterocycles. The zero-order chi connectivity index (χ0) is 15.1. The molecule has 0 saturated carbocycles. The number of ether oxygens (including phenoxy) is 1. The molecule has 6 heteroatoms. The third-order valence-electron chi connectivity index (χ3n) is 3.10. The Morgan fingerprint density at radius 3 is 2.71 bits per heavy atom. The van der Waals surface area contributed by atoms with E-state index in [1.165, 1.54) is 12.1 Å². The second-order valence-electron chi connectivity index (χ2n) is 4.52. The maximum absolute atomic E-state index is 10.6. The fourth-order valence-electron chi connectivity index (χ4n) is 1.98. The van der Waals surface area contributed by atoms with Crippen LogP contribution in [0.1, 0.15) is 11.1 Å². The molecule has 0 aliphatic heterocycles. The summed E-state index contributed by atoms with van der Waals surface area (Å²) in [6, 6.07) is 10.5. The first kappa shape index (κ1) is 14.9. The zero-order valence-corrected chi connectivity index (χ0v) is 11.8. The van der Waals surface area contributed by atoms with E-state index in [0.717, 1.165) is 24.1 Å². The Morgan fingerprint density at radius 2 is 2.05 bits per heavy atom. The summed E-state index contributed by atoms with van der Waals surface area (Å²) < 4.78 is 5.18. The largest absolute Gasteiger partial charge is 0.481 e. The lowest BCUT2D eigenvalue weighted by Crippen LogP contribution is -2.17. The van der Waals surface area contributed by atoms with Crippen LogP contribution in [0.4, 0.5) is 5.69 Å². The summed E-state index contributed by atoms with van der Waals surface area (Å²) in [5, 5.41) is 13.9. The number of hydrogen-bond donors (Lipinski definition) is 1. The third-order valence-corrected chi connectivity index (χ3v) is 3.10. The van der Waals surface area contributed by atoms with E-state index in [-0.39, 0.29) is 5.69 Å². The summed E-state index contributed by atoms with van der Waals surface area (Å²) in [5.41, 5.74) is 2.18. The van der Waals surface area contributed by atoms with Gasteiger partial charge in [0.1, 0.15) is 0 Å². The van der Waals surface area contributed by atoms with Gasteiger partial charge in [-0.05, 0) is 24.6 Å². The van der Waals surface area contributed by atoms with Crippen molar-refractivity contribution in [2.24, 2.45) is 0 Å². The van der Waals surface area contributed by atoms with Crippen molar-refractivity contribution >= 4 is 5.69 Å². The maximum atomic E-state index is 10.6. The Kier molecular flexibility index (Phi) is 5.22. The Bertz CT molecular complexity index is 599. The SMILES string of the molecule is COc1ncccc1CNCCc1ccc([N+](=O)[O-])cc1. The number of nitrogens with zero attached hydrogens (tertiary/aromatic N) is 2. The zero-order valence-electron chi connectivity index (χ0n) is 11.8. The van der Waals surface area contributed by atoms with Crippen LogP contribution in [-0.2, 0) is 13.0 Å². The number of nitro benzene ring substituents is 1. The molecule has 2 rings (SSSR count). The minimum absolute atomic E-state index is 0.117. The molecule has 0 amide bonds. The number of rotatable bonds is 7. The van der Waals surface area contributed by atoms with Gasteiger partial charge in [-0.2, -0.15) is 0 Å². The van der Waals surface area contributed by atoms with E-state index in [2.05, 4.69) is 10.3 Å². The number of nitrogens with one attached hydrogen (secondary N) is 1. The van der Waals surface area contributed by atoms with Crippen LogP contribution in [0, 0.1) is 10.1 Å². The van der Waals surface area contributed by atoms with Gasteiger partial charge in [-0.3, -0.25) is 10.1 Å². The fourth-order valence-corrected chi connectivity index (χ4v) is 1.98. The Hall–Kier alpha value is -2.47. The Labute approximate surface area is 122 Å². The second-order valence-corrected chi connectivity index (χ2v) is 4.52. The summed E-state index contributed by atoms with van der Waals surface area (Å²) in [5.74, 6) is 0.625. The number of benzene rings is 1. The first-order valence-corrected chi connectivity index (χ1v) is 6.62. The van der Waals surface area contributed by atoms with Crippen LogP contribution in [0.15, 0.2) is 42.6 Å². The van der Waals surface area contributed by atoms with E-state index < -0.39 is 4.92 Å². The summed E-state index contributed by atoms with van der Waals surface area (Å²) in [6.07, 6.45) is 2.50. The summed E-state index contributed by atoms with van der Waals surface area (Å²) in [6.45, 7) is 1.44. The summed E-state index contributed by atoms with van der Waals surface area (Å²) in [7, 11) is 1.60. The number of methoxy groups -OCH3 is 1. The molecule has 1 aromatic heterocycles. The van der Waals surface area contributed by atoms with Gasteiger partial charge < -0.3 is 10.1 Å². The molecule has 1 N–H and O–H groups in total. The highest BCUT2D eigenvalue weighted by Crippen LogP contribution is 2.14. The van der Waals surface area contributed by atoms with Crippen molar-refractivity contribution in [3.8, 4) is 5.88 Å². The van der Waals surface area contributed by atoms with Crippen LogP contribution in [0.25, 0.3) is 0 Å². The van der Waals surface area contributed by atoms with Gasteiger partial charge in [0.2, 0.25) is 5.88 Å². The van der Waals surface area contributed by atoms with Crippen molar-refractivity contribution in [1.29, 1.82) is 0 Å². The molecule has 0 bridgehead atoms. The van der Waals surface area contributed by atoms with Gasteiger partial charge >= 0.3 is 0 Å². The van der Waals surface area contributed by atoms with Crippen molar-refractivity contribution in [2.75, 3.05) is 13.7 Å². The van der Waals surface area contributed by atoms with Gasteiger partial charge in [-0.25, -0.2) is 4.98 Å². The van der Waals surface area contributed by atoms with E-state index in [1.54, 1.807) is 25.4 Å². The number of non-ortho nitro benzene ring substituents is 1. The van der Waals surface area contributed by atoms with Gasteiger partial charge in [0, 0.05) is 30.4 Å². The molecule has 0 aliphatic carbocycles. The van der Waals surface area contributed by atoms with Gasteiger partial charge in [0.05, 0.1) is 12.0 Å². The highest BCUT2D eigenvalue weighted by Gasteiger charge is 2.04. The monoisotopic (exact) mass is 287 g/mol. The second kappa shape index (κ2) is 7.35. The molecule has 21 heavy (non-hydrogen) atoms. The molecule has 2 aromatic rings. The molecule has 0 radical (unpaired) electrons. The van der Waals surface area contributed by atoms with Crippen LogP contribution in [-0.4, -0.2) is 23.6 Å². The van der Waals surface area contributed by atoms with Crippen molar-refractivity contribution in [1.82, 2.24) is 10.3 Å². The van der Waals surface area contributed by atoms with E-state index in [4.69, 9.17) is 4.74 Å². The molecule has 0 atom stereocenters. The predicted molar refractivity (Wildman–Crippen MR) is 79.3 cm³/mol. The molecule has 0 spiro atoms. The minimum Gasteiger partial charge on any atom is -0.481 e. The lowest BCUT2D eigenvalue weighted by atomic mass is 10.1. The van der Waals surface area contributed by atoms with Gasteiger partial charge in [0.15, 0.2) is 0 Å². The fraction of sp³-hybridized carbons (Fsp3) is 0.267. The molecule has 0 unspecified atom stereocenters. The van der Waals surface area contributed by atoms with Crippen LogP contribution in [0.5, 0.6) is 5.88 Å². The summed E-state index contributed by atoms with van der Waals surface area (Å²) >= 11 is 0. The molecule has 0 saturated heterocycles. The van der Waals surface area contributed by atoms with Gasteiger partial charge in [-0.15, -0.1) is 0 Å². The van der Waals surface area contributed by atoms with Gasteiger partial charge in [-0.1, -0.05) is 18.2 Å². The quantitative estimate of drug-likeness (QED) is 0.480. The van der Waals surface area contributed by atoms with Crippen molar-refractivity contribution in [3.05, 3.63) is 63.8 Å². The van der Waals surface area contributed by atoms with Crippen LogP contribution in [0.2, 0.25) is 0 Å². The number of pyridine rings is 1. The molecule has 1 aromatic carbocycles. The number of hydrogen-bond acceptors (Lipinski definition) is 5. The van der Waals surface area contributed by atoms with Crippen LogP contribution >= 0.6 is 0 Å². The highest BCUT2D eigenvalue weighted by atomic mass is 16.6. The van der Waals surface area contributed by atoms with Crippen LogP contribution in [0.3, 0.4) is 0 Å². The highest BCUT2D eigenvalue weighted by molar-refractivity contribution is 5.33. The van der Waals surface area contributed by atoms with Crippen molar-refractivity contribution in [2.45, 2.75) is 13.0 Å². The van der Waals surface area contributed by atoms with E-state index >= 15 is 0 Å². The van der Waals surface area contributed by atoms with Crippen LogP contribution < -0.4 is 10.1 Å². The lowest BCUT2D eigenvalue weighted by molar-refractivity contribution is -0.384. The number of aromatic nitrogens is 1. The molecule has 6 nitrogen and oxygen atoms in total. The minimum atomic E-state index is -0.392. The molecule has 110 valence electrons. The molecular formula is C15H17N3O3. The average Bonchev–Trinajstić information content (AvgIpc) is 2.52. The standard InChI is InChI=1S/C15H17N3O3/c1-21-15-13(3-2-9-17-15)11-16-10-8-12-4-6-14(7-5-12)18(19)20/h2-7,9,16H,8,10-11H2,1H3.